The van der Waals surface area contributed by atoms with Crippen LogP contribution in [-0.2, 0) is 4.79 Å². The summed E-state index contributed by atoms with van der Waals surface area (Å²) in [5.74, 6) is 0.477. The zero-order chi connectivity index (χ0) is 15.3. The Hall–Kier alpha value is -2.02. The number of nitriles is 1. The molecular weight excluding hydrogens is 264 g/mol. The number of rotatable bonds is 4. The van der Waals surface area contributed by atoms with Crippen LogP contribution >= 0.6 is 0 Å². The van der Waals surface area contributed by atoms with Crippen LogP contribution < -0.4 is 4.74 Å². The molecule has 1 heterocycles. The summed E-state index contributed by atoms with van der Waals surface area (Å²) < 4.78 is 5.51. The fourth-order valence-corrected chi connectivity index (χ4v) is 2.57. The molecule has 0 N–H and O–H groups in total. The van der Waals surface area contributed by atoms with Crippen LogP contribution in [0.2, 0.25) is 0 Å². The van der Waals surface area contributed by atoms with E-state index in [1.807, 2.05) is 4.90 Å². The molecule has 1 aliphatic heterocycles. The Balaban J connectivity index is 1.87. The van der Waals surface area contributed by atoms with Crippen molar-refractivity contribution in [3.63, 3.8) is 0 Å². The summed E-state index contributed by atoms with van der Waals surface area (Å²) in [6.07, 6.45) is 3.25. The summed E-state index contributed by atoms with van der Waals surface area (Å²) >= 11 is 0. The van der Waals surface area contributed by atoms with Crippen LogP contribution in [0.1, 0.15) is 38.7 Å². The molecule has 0 saturated carbocycles. The molecule has 1 aliphatic rings. The molecule has 1 aromatic carbocycles. The molecule has 1 aromatic rings. The van der Waals surface area contributed by atoms with Gasteiger partial charge in [-0.1, -0.05) is 32.4 Å². The molecule has 0 aromatic heterocycles. The highest BCUT2D eigenvalue weighted by atomic mass is 16.5. The minimum atomic E-state index is 0.000830. The highest BCUT2D eigenvalue weighted by Crippen LogP contribution is 2.33. The molecule has 0 spiro atoms. The van der Waals surface area contributed by atoms with Crippen LogP contribution in [0.5, 0.6) is 5.75 Å². The van der Waals surface area contributed by atoms with E-state index in [1.54, 1.807) is 24.3 Å². The average Bonchev–Trinajstić information content (AvgIpc) is 2.53. The van der Waals surface area contributed by atoms with Gasteiger partial charge in [0, 0.05) is 13.1 Å². The van der Waals surface area contributed by atoms with Gasteiger partial charge in [-0.2, -0.15) is 5.26 Å². The van der Waals surface area contributed by atoms with Gasteiger partial charge in [0.25, 0.3) is 5.91 Å². The van der Waals surface area contributed by atoms with Crippen molar-refractivity contribution in [2.45, 2.75) is 33.1 Å². The molecule has 0 unspecified atom stereocenters. The number of piperidine rings is 1. The number of para-hydroxylation sites is 1. The number of benzene rings is 1. The predicted molar refractivity (Wildman–Crippen MR) is 80.9 cm³/mol. The van der Waals surface area contributed by atoms with E-state index in [-0.39, 0.29) is 12.5 Å². The van der Waals surface area contributed by atoms with Crippen LogP contribution in [-0.4, -0.2) is 30.5 Å². The standard InChI is InChI=1S/C17H22N2O2/c1-3-17(2)8-10-19(11-9-17)16(20)13-21-15-7-5-4-6-14(15)12-18/h4-7H,3,8-11,13H2,1-2H3. The maximum Gasteiger partial charge on any atom is 0.260 e. The Bertz CT molecular complexity index is 540. The van der Waals surface area contributed by atoms with Crippen molar-refractivity contribution in [1.29, 1.82) is 5.26 Å². The highest BCUT2D eigenvalue weighted by molar-refractivity contribution is 5.78. The lowest BCUT2D eigenvalue weighted by atomic mass is 9.78. The first-order valence-corrected chi connectivity index (χ1v) is 7.48. The van der Waals surface area contributed by atoms with Gasteiger partial charge in [-0.05, 0) is 30.4 Å². The lowest BCUT2D eigenvalue weighted by molar-refractivity contribution is -0.135. The Morgan fingerprint density at radius 1 is 1.38 bits per heavy atom. The number of carbonyl (C=O) groups is 1. The molecule has 0 aliphatic carbocycles. The van der Waals surface area contributed by atoms with E-state index < -0.39 is 0 Å². The fourth-order valence-electron chi connectivity index (χ4n) is 2.57. The smallest absolute Gasteiger partial charge is 0.260 e. The third-order valence-corrected chi connectivity index (χ3v) is 4.54. The number of hydrogen-bond donors (Lipinski definition) is 0. The molecule has 4 nitrogen and oxygen atoms in total. The summed E-state index contributed by atoms with van der Waals surface area (Å²) in [5, 5.41) is 8.99. The van der Waals surface area contributed by atoms with Crippen molar-refractivity contribution >= 4 is 5.91 Å². The van der Waals surface area contributed by atoms with E-state index in [4.69, 9.17) is 10.00 Å². The molecular formula is C17H22N2O2. The van der Waals surface area contributed by atoms with Gasteiger partial charge in [-0.3, -0.25) is 4.79 Å². The van der Waals surface area contributed by atoms with E-state index in [0.29, 0.717) is 16.7 Å². The van der Waals surface area contributed by atoms with E-state index in [1.165, 1.54) is 0 Å². The highest BCUT2D eigenvalue weighted by Gasteiger charge is 2.30. The number of ether oxygens (including phenoxy) is 1. The molecule has 2 rings (SSSR count). The van der Waals surface area contributed by atoms with Crippen molar-refractivity contribution in [3.8, 4) is 11.8 Å². The fraction of sp³-hybridized carbons (Fsp3) is 0.529. The third-order valence-electron chi connectivity index (χ3n) is 4.54. The van der Waals surface area contributed by atoms with Crippen LogP contribution in [0.15, 0.2) is 24.3 Å². The number of hydrogen-bond acceptors (Lipinski definition) is 3. The molecule has 21 heavy (non-hydrogen) atoms. The second kappa shape index (κ2) is 6.62. The first kappa shape index (κ1) is 15.4. The molecule has 0 radical (unpaired) electrons. The zero-order valence-electron chi connectivity index (χ0n) is 12.8. The minimum Gasteiger partial charge on any atom is -0.482 e. The maximum absolute atomic E-state index is 12.2. The lowest BCUT2D eigenvalue weighted by Gasteiger charge is -2.38. The van der Waals surface area contributed by atoms with Crippen molar-refractivity contribution in [1.82, 2.24) is 4.90 Å². The number of carbonyl (C=O) groups excluding carboxylic acids is 1. The largest absolute Gasteiger partial charge is 0.482 e. The molecule has 1 fully saturated rings. The quantitative estimate of drug-likeness (QED) is 0.855. The maximum atomic E-state index is 12.2. The Kier molecular flexibility index (Phi) is 4.85. The van der Waals surface area contributed by atoms with Gasteiger partial charge in [0.2, 0.25) is 0 Å². The summed E-state index contributed by atoms with van der Waals surface area (Å²) in [7, 11) is 0. The third kappa shape index (κ3) is 3.75. The molecule has 112 valence electrons. The van der Waals surface area contributed by atoms with Gasteiger partial charge >= 0.3 is 0 Å². The van der Waals surface area contributed by atoms with Crippen molar-refractivity contribution in [3.05, 3.63) is 29.8 Å². The zero-order valence-corrected chi connectivity index (χ0v) is 12.8. The van der Waals surface area contributed by atoms with Gasteiger partial charge in [-0.25, -0.2) is 0 Å². The summed E-state index contributed by atoms with van der Waals surface area (Å²) in [4.78, 5) is 14.1. The SMILES string of the molecule is CCC1(C)CCN(C(=O)COc2ccccc2C#N)CC1. The summed E-state index contributed by atoms with van der Waals surface area (Å²) in [6.45, 7) is 6.09. The lowest BCUT2D eigenvalue weighted by Crippen LogP contribution is -2.43. The Morgan fingerprint density at radius 3 is 2.67 bits per heavy atom. The second-order valence-electron chi connectivity index (χ2n) is 5.94. The van der Waals surface area contributed by atoms with Gasteiger partial charge in [0.1, 0.15) is 11.8 Å². The second-order valence-corrected chi connectivity index (χ2v) is 5.94. The van der Waals surface area contributed by atoms with Crippen molar-refractivity contribution in [2.24, 2.45) is 5.41 Å². The summed E-state index contributed by atoms with van der Waals surface area (Å²) in [5.41, 5.74) is 0.827. The van der Waals surface area contributed by atoms with Gasteiger partial charge < -0.3 is 9.64 Å². The number of amides is 1. The Morgan fingerprint density at radius 2 is 2.05 bits per heavy atom. The molecule has 1 amide bonds. The molecule has 0 bridgehead atoms. The monoisotopic (exact) mass is 286 g/mol. The van der Waals surface area contributed by atoms with E-state index >= 15 is 0 Å². The molecule has 0 atom stereocenters. The number of likely N-dealkylation sites (tertiary alicyclic amines) is 1. The van der Waals surface area contributed by atoms with E-state index in [2.05, 4.69) is 19.9 Å². The van der Waals surface area contributed by atoms with Gasteiger partial charge in [0.15, 0.2) is 6.61 Å². The van der Waals surface area contributed by atoms with Gasteiger partial charge in [0.05, 0.1) is 5.56 Å². The first-order chi connectivity index (χ1) is 10.1. The average molecular weight is 286 g/mol. The summed E-state index contributed by atoms with van der Waals surface area (Å²) in [6, 6.07) is 9.05. The van der Waals surface area contributed by atoms with Crippen LogP contribution in [0.3, 0.4) is 0 Å². The first-order valence-electron chi connectivity index (χ1n) is 7.48. The topological polar surface area (TPSA) is 53.3 Å². The number of nitrogens with zero attached hydrogens (tertiary/aromatic N) is 2. The van der Waals surface area contributed by atoms with Crippen LogP contribution in [0, 0.1) is 16.7 Å². The van der Waals surface area contributed by atoms with Gasteiger partial charge in [-0.15, -0.1) is 0 Å². The molecule has 1 saturated heterocycles. The van der Waals surface area contributed by atoms with E-state index in [0.717, 1.165) is 32.4 Å². The van der Waals surface area contributed by atoms with Crippen molar-refractivity contribution in [2.75, 3.05) is 19.7 Å². The predicted octanol–water partition coefficient (Wildman–Crippen LogP) is 2.98. The van der Waals surface area contributed by atoms with Crippen LogP contribution in [0.4, 0.5) is 0 Å². The Labute approximate surface area is 126 Å². The minimum absolute atomic E-state index is 0.000830. The van der Waals surface area contributed by atoms with Crippen molar-refractivity contribution < 1.29 is 9.53 Å². The van der Waals surface area contributed by atoms with Crippen LogP contribution in [0.25, 0.3) is 0 Å². The van der Waals surface area contributed by atoms with E-state index in [9.17, 15) is 4.79 Å². The molecule has 4 heteroatoms. The normalized spacial score (nSPS) is 17.1.